The van der Waals surface area contributed by atoms with Gasteiger partial charge in [0.05, 0.1) is 18.5 Å². The van der Waals surface area contributed by atoms with E-state index in [4.69, 9.17) is 9.52 Å². The van der Waals surface area contributed by atoms with E-state index in [-0.39, 0.29) is 23.2 Å². The molecule has 9 nitrogen and oxygen atoms in total. The summed E-state index contributed by atoms with van der Waals surface area (Å²) in [6.45, 7) is 0.625. The van der Waals surface area contributed by atoms with Gasteiger partial charge in [0.2, 0.25) is 10.0 Å². The molecule has 2 aromatic rings. The number of aromatic carboxylic acids is 1. The molecule has 3 heterocycles. The fraction of sp³-hybridized carbons (Fsp3) is 0.417. The smallest absolute Gasteiger partial charge is 0.358 e. The van der Waals surface area contributed by atoms with Crippen LogP contribution < -0.4 is 0 Å². The molecule has 1 aliphatic rings. The lowest BCUT2D eigenvalue weighted by molar-refractivity contribution is 0.0690. The van der Waals surface area contributed by atoms with Crippen molar-refractivity contribution in [3.63, 3.8) is 0 Å². The molecule has 3 rings (SSSR count). The van der Waals surface area contributed by atoms with Crippen LogP contribution in [0.1, 0.15) is 29.4 Å². The molecule has 2 aromatic heterocycles. The number of aromatic nitrogens is 3. The van der Waals surface area contributed by atoms with Gasteiger partial charge in [-0.3, -0.25) is 0 Å². The van der Waals surface area contributed by atoms with Gasteiger partial charge >= 0.3 is 5.97 Å². The zero-order valence-electron chi connectivity index (χ0n) is 11.5. The van der Waals surface area contributed by atoms with E-state index < -0.39 is 16.0 Å². The molecule has 118 valence electrons. The Bertz CT molecular complexity index is 767. The molecule has 1 atom stereocenters. The van der Waals surface area contributed by atoms with Crippen molar-refractivity contribution in [3.05, 3.63) is 30.5 Å². The van der Waals surface area contributed by atoms with Gasteiger partial charge in [-0.25, -0.2) is 17.9 Å². The van der Waals surface area contributed by atoms with E-state index in [0.717, 1.165) is 0 Å². The fourth-order valence-corrected chi connectivity index (χ4v) is 3.90. The number of hydrogen-bond donors (Lipinski definition) is 1. The normalized spacial score (nSPS) is 20.1. The Morgan fingerprint density at radius 2 is 2.27 bits per heavy atom. The van der Waals surface area contributed by atoms with E-state index in [9.17, 15) is 13.2 Å². The van der Waals surface area contributed by atoms with Crippen LogP contribution in [-0.4, -0.2) is 51.9 Å². The summed E-state index contributed by atoms with van der Waals surface area (Å²) in [5, 5.41) is 16.2. The summed E-state index contributed by atoms with van der Waals surface area (Å²) in [5.74, 6) is -1.16. The number of carbonyl (C=O) groups is 1. The summed E-state index contributed by atoms with van der Waals surface area (Å²) in [6.07, 6.45) is 5.19. The summed E-state index contributed by atoms with van der Waals surface area (Å²) in [6, 6.07) is 1.16. The second-order valence-electron chi connectivity index (χ2n) is 5.01. The molecule has 1 saturated heterocycles. The van der Waals surface area contributed by atoms with E-state index in [1.807, 2.05) is 0 Å². The fourth-order valence-electron chi connectivity index (χ4n) is 2.46. The predicted octanol–water partition coefficient (Wildman–Crippen LogP) is 0.595. The highest BCUT2D eigenvalue weighted by Crippen LogP contribution is 2.26. The highest BCUT2D eigenvalue weighted by atomic mass is 32.2. The molecule has 10 heteroatoms. The summed E-state index contributed by atoms with van der Waals surface area (Å²) < 4.78 is 32.5. The van der Waals surface area contributed by atoms with Gasteiger partial charge < -0.3 is 9.52 Å². The molecule has 0 spiro atoms. The summed E-state index contributed by atoms with van der Waals surface area (Å²) in [4.78, 5) is 11.0. The van der Waals surface area contributed by atoms with Crippen LogP contribution in [0.3, 0.4) is 0 Å². The van der Waals surface area contributed by atoms with Crippen molar-refractivity contribution in [2.75, 3.05) is 13.1 Å². The van der Waals surface area contributed by atoms with Crippen molar-refractivity contribution in [3.8, 4) is 0 Å². The van der Waals surface area contributed by atoms with Gasteiger partial charge in [-0.2, -0.15) is 4.31 Å². The lowest BCUT2D eigenvalue weighted by Gasteiger charge is -2.31. The molecular formula is C12H14N4O5S. The van der Waals surface area contributed by atoms with Crippen LogP contribution in [0.4, 0.5) is 0 Å². The predicted molar refractivity (Wildman–Crippen MR) is 72.7 cm³/mol. The first kappa shape index (κ1) is 14.7. The van der Waals surface area contributed by atoms with Crippen LogP contribution in [0.5, 0.6) is 0 Å². The number of rotatable bonds is 4. The largest absolute Gasteiger partial charge is 0.476 e. The molecule has 0 aliphatic carbocycles. The minimum absolute atomic E-state index is 0.109. The maximum absolute atomic E-state index is 12.5. The van der Waals surface area contributed by atoms with Gasteiger partial charge in [-0.05, 0) is 18.9 Å². The topological polar surface area (TPSA) is 119 Å². The van der Waals surface area contributed by atoms with E-state index >= 15 is 0 Å². The number of hydrogen-bond acceptors (Lipinski definition) is 6. The van der Waals surface area contributed by atoms with E-state index in [0.29, 0.717) is 19.4 Å². The Kier molecular flexibility index (Phi) is 3.71. The molecule has 1 unspecified atom stereocenters. The Hall–Kier alpha value is -2.20. The molecule has 0 bridgehead atoms. The first-order chi connectivity index (χ1) is 10.5. The zero-order chi connectivity index (χ0) is 15.7. The second-order valence-corrected chi connectivity index (χ2v) is 6.95. The first-order valence-electron chi connectivity index (χ1n) is 6.66. The van der Waals surface area contributed by atoms with Gasteiger partial charge in [0.1, 0.15) is 11.2 Å². The number of carboxylic acids is 1. The highest BCUT2D eigenvalue weighted by Gasteiger charge is 2.32. The molecule has 1 fully saturated rings. The van der Waals surface area contributed by atoms with Crippen LogP contribution in [0.2, 0.25) is 0 Å². The lowest BCUT2D eigenvalue weighted by Crippen LogP contribution is -2.40. The molecule has 0 radical (unpaired) electrons. The second kappa shape index (κ2) is 5.54. The van der Waals surface area contributed by atoms with Crippen molar-refractivity contribution < 1.29 is 22.7 Å². The minimum Gasteiger partial charge on any atom is -0.476 e. The number of carboxylic acid groups (broad SMARTS) is 1. The third-order valence-electron chi connectivity index (χ3n) is 3.60. The Morgan fingerprint density at radius 1 is 1.45 bits per heavy atom. The molecule has 0 saturated carbocycles. The van der Waals surface area contributed by atoms with Crippen LogP contribution in [0.25, 0.3) is 0 Å². The monoisotopic (exact) mass is 326 g/mol. The number of furan rings is 1. The van der Waals surface area contributed by atoms with Crippen molar-refractivity contribution >= 4 is 16.0 Å². The average molecular weight is 326 g/mol. The summed E-state index contributed by atoms with van der Waals surface area (Å²) in [5.41, 5.74) is -0.158. The van der Waals surface area contributed by atoms with Crippen molar-refractivity contribution in [2.24, 2.45) is 0 Å². The van der Waals surface area contributed by atoms with Crippen molar-refractivity contribution in [1.29, 1.82) is 0 Å². The van der Waals surface area contributed by atoms with Gasteiger partial charge in [-0.1, -0.05) is 5.21 Å². The van der Waals surface area contributed by atoms with Gasteiger partial charge in [0, 0.05) is 13.1 Å². The zero-order valence-corrected chi connectivity index (χ0v) is 12.3. The molecule has 0 aromatic carbocycles. The standard InChI is InChI=1S/C12H14N4O5S/c17-12(18)11-7-16(14-13-11)9-2-1-4-15(6-9)22(19,20)10-3-5-21-8-10/h3,5,7-9H,1-2,4,6H2,(H,17,18). The molecule has 22 heavy (non-hydrogen) atoms. The van der Waals surface area contributed by atoms with E-state index in [1.54, 1.807) is 0 Å². The summed E-state index contributed by atoms with van der Waals surface area (Å²) in [7, 11) is -3.61. The van der Waals surface area contributed by atoms with Crippen molar-refractivity contribution in [2.45, 2.75) is 23.8 Å². The Morgan fingerprint density at radius 3 is 2.91 bits per heavy atom. The quantitative estimate of drug-likeness (QED) is 0.873. The number of sulfonamides is 1. The number of piperidine rings is 1. The van der Waals surface area contributed by atoms with Crippen LogP contribution in [0, 0.1) is 0 Å². The third-order valence-corrected chi connectivity index (χ3v) is 5.44. The Balaban J connectivity index is 1.81. The summed E-state index contributed by atoms with van der Waals surface area (Å²) >= 11 is 0. The molecule has 0 amide bonds. The van der Waals surface area contributed by atoms with Crippen LogP contribution in [0.15, 0.2) is 34.1 Å². The maximum Gasteiger partial charge on any atom is 0.358 e. The van der Waals surface area contributed by atoms with Crippen LogP contribution in [-0.2, 0) is 10.0 Å². The van der Waals surface area contributed by atoms with Crippen molar-refractivity contribution in [1.82, 2.24) is 19.3 Å². The highest BCUT2D eigenvalue weighted by molar-refractivity contribution is 7.89. The molecule has 1 aliphatic heterocycles. The SMILES string of the molecule is O=C(O)c1cn(C2CCCN(S(=O)(=O)c3ccoc3)C2)nn1. The van der Waals surface area contributed by atoms with E-state index in [1.165, 1.54) is 33.8 Å². The average Bonchev–Trinajstić information content (AvgIpc) is 3.19. The lowest BCUT2D eigenvalue weighted by atomic mass is 10.1. The van der Waals surface area contributed by atoms with Gasteiger partial charge in [0.15, 0.2) is 5.69 Å². The maximum atomic E-state index is 12.5. The molecule has 1 N–H and O–H groups in total. The van der Waals surface area contributed by atoms with Crippen LogP contribution >= 0.6 is 0 Å². The minimum atomic E-state index is -3.61. The molecular weight excluding hydrogens is 312 g/mol. The third kappa shape index (κ3) is 2.62. The van der Waals surface area contributed by atoms with Gasteiger partial charge in [0.25, 0.3) is 0 Å². The van der Waals surface area contributed by atoms with E-state index in [2.05, 4.69) is 10.3 Å². The first-order valence-corrected chi connectivity index (χ1v) is 8.10. The Labute approximate surface area is 126 Å². The van der Waals surface area contributed by atoms with Gasteiger partial charge in [-0.15, -0.1) is 5.10 Å². The number of nitrogens with zero attached hydrogens (tertiary/aromatic N) is 4.